The number of methoxy groups -OCH3 is 1. The molecule has 2 aromatic carbocycles. The number of rotatable bonds is 7. The Kier molecular flexibility index (Phi) is 7.63. The number of anilines is 1. The van der Waals surface area contributed by atoms with Crippen LogP contribution >= 0.6 is 11.6 Å². The molecule has 1 aromatic heterocycles. The minimum atomic E-state index is -4.39. The minimum Gasteiger partial charge on any atom is -0.496 e. The number of aromatic nitrogens is 2. The first-order valence-corrected chi connectivity index (χ1v) is 11.7. The summed E-state index contributed by atoms with van der Waals surface area (Å²) in [5.74, 6) is 0.210. The molecule has 0 saturated heterocycles. The summed E-state index contributed by atoms with van der Waals surface area (Å²) in [7, 11) is 2.77. The van der Waals surface area contributed by atoms with E-state index in [2.05, 4.69) is 10.3 Å². The second-order valence-electron chi connectivity index (χ2n) is 8.34. The SMILES string of the molecule is COc1cc(Cl)ccc1C(=O)N1CCc2nc(NCCc3ccc(C(F)(F)F)cc3)n(OC)c(=O)c2C1. The molecule has 8 nitrogen and oxygen atoms in total. The van der Waals surface area contributed by atoms with Gasteiger partial charge in [0.1, 0.15) is 12.9 Å². The number of halogens is 4. The highest BCUT2D eigenvalue weighted by Crippen LogP contribution is 2.29. The summed E-state index contributed by atoms with van der Waals surface area (Å²) in [4.78, 5) is 37.6. The smallest absolute Gasteiger partial charge is 0.416 e. The molecule has 0 saturated carbocycles. The molecule has 37 heavy (non-hydrogen) atoms. The van der Waals surface area contributed by atoms with Gasteiger partial charge in [0.05, 0.1) is 36.0 Å². The van der Waals surface area contributed by atoms with E-state index < -0.39 is 17.3 Å². The predicted octanol–water partition coefficient (Wildman–Crippen LogP) is 3.84. The summed E-state index contributed by atoms with van der Waals surface area (Å²) in [5, 5.41) is 3.46. The van der Waals surface area contributed by atoms with Crippen molar-refractivity contribution < 1.29 is 27.5 Å². The number of nitrogens with one attached hydrogen (secondary N) is 1. The van der Waals surface area contributed by atoms with Gasteiger partial charge < -0.3 is 19.8 Å². The number of ether oxygens (including phenoxy) is 1. The van der Waals surface area contributed by atoms with Crippen molar-refractivity contribution in [3.05, 3.63) is 85.8 Å². The van der Waals surface area contributed by atoms with Crippen molar-refractivity contribution in [1.29, 1.82) is 0 Å². The molecule has 196 valence electrons. The Hall–Kier alpha value is -3.73. The van der Waals surface area contributed by atoms with Crippen LogP contribution in [0.5, 0.6) is 5.75 Å². The van der Waals surface area contributed by atoms with E-state index in [1.165, 1.54) is 31.3 Å². The molecule has 1 aliphatic heterocycles. The van der Waals surface area contributed by atoms with Gasteiger partial charge in [0.15, 0.2) is 0 Å². The fraction of sp³-hybridized carbons (Fsp3) is 0.320. The van der Waals surface area contributed by atoms with Crippen LogP contribution in [0.25, 0.3) is 0 Å². The van der Waals surface area contributed by atoms with E-state index in [0.717, 1.165) is 16.9 Å². The molecule has 0 unspecified atom stereocenters. The fourth-order valence-corrected chi connectivity index (χ4v) is 4.27. The standard InChI is InChI=1S/C25H24ClF3N4O4/c1-36-21-13-17(26)7-8-18(21)22(34)32-12-10-20-19(14-32)23(35)33(37-2)24(31-20)30-11-9-15-3-5-16(6-4-15)25(27,28)29/h3-8,13H,9-12,14H2,1-2H3,(H,30,31). The van der Waals surface area contributed by atoms with Crippen molar-refractivity contribution in [2.45, 2.75) is 25.6 Å². The third-order valence-electron chi connectivity index (χ3n) is 6.03. The summed E-state index contributed by atoms with van der Waals surface area (Å²) < 4.78 is 44.6. The molecule has 1 amide bonds. The van der Waals surface area contributed by atoms with Gasteiger partial charge in [-0.15, -0.1) is 4.73 Å². The minimum absolute atomic E-state index is 0.0426. The predicted molar refractivity (Wildman–Crippen MR) is 131 cm³/mol. The molecule has 12 heteroatoms. The molecule has 1 aliphatic rings. The number of amides is 1. The molecule has 2 heterocycles. The first-order chi connectivity index (χ1) is 17.6. The molecule has 4 rings (SSSR count). The Morgan fingerprint density at radius 3 is 2.54 bits per heavy atom. The maximum atomic E-state index is 13.2. The highest BCUT2D eigenvalue weighted by molar-refractivity contribution is 6.30. The third-order valence-corrected chi connectivity index (χ3v) is 6.27. The Morgan fingerprint density at radius 1 is 1.16 bits per heavy atom. The van der Waals surface area contributed by atoms with Crippen LogP contribution in [0, 0.1) is 0 Å². The van der Waals surface area contributed by atoms with E-state index in [9.17, 15) is 22.8 Å². The first kappa shape index (κ1) is 26.3. The lowest BCUT2D eigenvalue weighted by atomic mass is 10.1. The molecule has 0 bridgehead atoms. The Bertz CT molecular complexity index is 1360. The van der Waals surface area contributed by atoms with E-state index in [1.54, 1.807) is 18.2 Å². The van der Waals surface area contributed by atoms with Crippen LogP contribution in [0.2, 0.25) is 5.02 Å². The molecule has 0 atom stereocenters. The van der Waals surface area contributed by atoms with Gasteiger partial charge in [0, 0.05) is 24.5 Å². The Labute approximate surface area is 215 Å². The number of nitrogens with zero attached hydrogens (tertiary/aromatic N) is 3. The van der Waals surface area contributed by atoms with E-state index in [0.29, 0.717) is 59.1 Å². The van der Waals surface area contributed by atoms with Gasteiger partial charge >= 0.3 is 6.18 Å². The lowest BCUT2D eigenvalue weighted by Crippen LogP contribution is -2.42. The molecule has 0 aliphatic carbocycles. The summed E-state index contributed by atoms with van der Waals surface area (Å²) in [6.07, 6.45) is -3.64. The average Bonchev–Trinajstić information content (AvgIpc) is 2.88. The van der Waals surface area contributed by atoms with Crippen molar-refractivity contribution in [2.75, 3.05) is 32.6 Å². The zero-order chi connectivity index (χ0) is 26.7. The fourth-order valence-electron chi connectivity index (χ4n) is 4.10. The van der Waals surface area contributed by atoms with E-state index in [-0.39, 0.29) is 18.4 Å². The molecule has 1 N–H and O–H groups in total. The molecule has 0 radical (unpaired) electrons. The largest absolute Gasteiger partial charge is 0.496 e. The average molecular weight is 537 g/mol. The van der Waals surface area contributed by atoms with Crippen LogP contribution in [0.1, 0.15) is 32.7 Å². The van der Waals surface area contributed by atoms with E-state index in [4.69, 9.17) is 21.2 Å². The molecule has 3 aromatic rings. The molecule has 0 fully saturated rings. The van der Waals surface area contributed by atoms with Crippen LogP contribution in [-0.4, -0.2) is 47.8 Å². The Balaban J connectivity index is 1.49. The number of benzene rings is 2. The van der Waals surface area contributed by atoms with Gasteiger partial charge in [-0.3, -0.25) is 9.59 Å². The number of fused-ring (bicyclic) bond motifs is 1. The van der Waals surface area contributed by atoms with Crippen LogP contribution in [-0.2, 0) is 25.6 Å². The van der Waals surface area contributed by atoms with Crippen LogP contribution in [0.3, 0.4) is 0 Å². The summed E-state index contributed by atoms with van der Waals surface area (Å²) in [6.45, 7) is 0.688. The number of carbonyl (C=O) groups excluding carboxylic acids is 1. The van der Waals surface area contributed by atoms with Crippen molar-refractivity contribution >= 4 is 23.5 Å². The van der Waals surface area contributed by atoms with Crippen LogP contribution in [0.4, 0.5) is 19.1 Å². The highest BCUT2D eigenvalue weighted by Gasteiger charge is 2.30. The van der Waals surface area contributed by atoms with Crippen molar-refractivity contribution in [3.8, 4) is 5.75 Å². The van der Waals surface area contributed by atoms with E-state index >= 15 is 0 Å². The van der Waals surface area contributed by atoms with Gasteiger partial charge in [-0.25, -0.2) is 4.98 Å². The lowest BCUT2D eigenvalue weighted by molar-refractivity contribution is -0.137. The molecular formula is C25H24ClF3N4O4. The maximum Gasteiger partial charge on any atom is 0.416 e. The van der Waals surface area contributed by atoms with Crippen molar-refractivity contribution in [3.63, 3.8) is 0 Å². The van der Waals surface area contributed by atoms with Gasteiger partial charge in [-0.05, 0) is 42.3 Å². The normalized spacial score (nSPS) is 13.2. The second kappa shape index (κ2) is 10.7. The molecular weight excluding hydrogens is 513 g/mol. The summed E-state index contributed by atoms with van der Waals surface area (Å²) in [6, 6.07) is 9.61. The number of carbonyl (C=O) groups is 1. The van der Waals surface area contributed by atoms with Crippen LogP contribution in [0.15, 0.2) is 47.3 Å². The second-order valence-corrected chi connectivity index (χ2v) is 8.77. The lowest BCUT2D eigenvalue weighted by Gasteiger charge is -2.29. The van der Waals surface area contributed by atoms with Gasteiger partial charge in [0.25, 0.3) is 11.5 Å². The third kappa shape index (κ3) is 5.66. The van der Waals surface area contributed by atoms with E-state index in [1.807, 2.05) is 0 Å². The number of hydrogen-bond donors (Lipinski definition) is 1. The number of alkyl halides is 3. The zero-order valence-electron chi connectivity index (χ0n) is 20.1. The van der Waals surface area contributed by atoms with Crippen LogP contribution < -0.4 is 20.5 Å². The summed E-state index contributed by atoms with van der Waals surface area (Å²) in [5.41, 5.74) is 0.736. The first-order valence-electron chi connectivity index (χ1n) is 11.3. The van der Waals surface area contributed by atoms with Gasteiger partial charge in [0.2, 0.25) is 5.95 Å². The van der Waals surface area contributed by atoms with Gasteiger partial charge in [-0.1, -0.05) is 23.7 Å². The summed E-state index contributed by atoms with van der Waals surface area (Å²) >= 11 is 6.00. The zero-order valence-corrected chi connectivity index (χ0v) is 20.8. The molecule has 0 spiro atoms. The van der Waals surface area contributed by atoms with Crippen molar-refractivity contribution in [2.24, 2.45) is 0 Å². The maximum absolute atomic E-state index is 13.2. The monoisotopic (exact) mass is 536 g/mol. The quantitative estimate of drug-likeness (QED) is 0.494. The van der Waals surface area contributed by atoms with Gasteiger partial charge in [-0.2, -0.15) is 13.2 Å². The topological polar surface area (TPSA) is 85.7 Å². The highest BCUT2D eigenvalue weighted by atomic mass is 35.5. The number of hydrogen-bond acceptors (Lipinski definition) is 6. The van der Waals surface area contributed by atoms with Crippen molar-refractivity contribution in [1.82, 2.24) is 14.6 Å². The Morgan fingerprint density at radius 2 is 1.89 bits per heavy atom.